The Labute approximate surface area is 160 Å². The average molecular weight is 369 g/mol. The van der Waals surface area contributed by atoms with Crippen LogP contribution in [0.4, 0.5) is 11.4 Å². The summed E-state index contributed by atoms with van der Waals surface area (Å²) in [5, 5.41) is 7.70. The summed E-state index contributed by atoms with van der Waals surface area (Å²) in [5.74, 6) is 0.773. The van der Waals surface area contributed by atoms with Gasteiger partial charge in [-0.2, -0.15) is 5.10 Å². The monoisotopic (exact) mass is 368 g/mol. The van der Waals surface area contributed by atoms with Crippen molar-refractivity contribution in [2.24, 2.45) is 5.10 Å². The second-order valence-corrected chi connectivity index (χ2v) is 6.60. The molecule has 1 saturated heterocycles. The first-order chi connectivity index (χ1) is 12.7. The fourth-order valence-corrected chi connectivity index (χ4v) is 3.12. The molecular weight excluding hydrogens is 344 g/mol. The standard InChI is InChI=1S/C20H24N4OS/c1-25-19-7-5-6-17(14-19)22-20(26)23-21-15-16-8-10-18(11-9-16)24-12-3-2-4-13-24/h5-11,14-15H,2-4,12-13H2,1H3,(H2,22,23,26)/b21-15-. The van der Waals surface area contributed by atoms with Crippen molar-refractivity contribution >= 4 is 34.9 Å². The van der Waals surface area contributed by atoms with Crippen LogP contribution >= 0.6 is 12.2 Å². The van der Waals surface area contributed by atoms with E-state index >= 15 is 0 Å². The van der Waals surface area contributed by atoms with Crippen LogP contribution in [0.25, 0.3) is 0 Å². The summed E-state index contributed by atoms with van der Waals surface area (Å²) >= 11 is 5.25. The van der Waals surface area contributed by atoms with Crippen molar-refractivity contribution in [3.63, 3.8) is 0 Å². The number of hydrogen-bond acceptors (Lipinski definition) is 4. The Morgan fingerprint density at radius 3 is 2.62 bits per heavy atom. The van der Waals surface area contributed by atoms with Crippen LogP contribution in [0.15, 0.2) is 53.6 Å². The lowest BCUT2D eigenvalue weighted by Gasteiger charge is -2.28. The van der Waals surface area contributed by atoms with Crippen molar-refractivity contribution < 1.29 is 4.74 Å². The molecule has 1 aliphatic rings. The van der Waals surface area contributed by atoms with Crippen LogP contribution in [0.3, 0.4) is 0 Å². The molecule has 0 radical (unpaired) electrons. The van der Waals surface area contributed by atoms with Gasteiger partial charge < -0.3 is 15.0 Å². The van der Waals surface area contributed by atoms with E-state index in [0.717, 1.165) is 30.1 Å². The SMILES string of the molecule is COc1cccc(NC(=S)N/N=C\c2ccc(N3CCCCC3)cc2)c1. The number of nitrogens with zero attached hydrogens (tertiary/aromatic N) is 2. The van der Waals surface area contributed by atoms with Crippen molar-refractivity contribution in [3.8, 4) is 5.75 Å². The Bertz CT molecular complexity index is 755. The third-order valence-electron chi connectivity index (χ3n) is 4.32. The highest BCUT2D eigenvalue weighted by atomic mass is 32.1. The predicted octanol–water partition coefficient (Wildman–Crippen LogP) is 4.01. The third-order valence-corrected chi connectivity index (χ3v) is 4.51. The van der Waals surface area contributed by atoms with Gasteiger partial charge in [0.2, 0.25) is 0 Å². The summed E-state index contributed by atoms with van der Waals surface area (Å²) in [4.78, 5) is 2.44. The Morgan fingerprint density at radius 1 is 1.12 bits per heavy atom. The molecule has 1 fully saturated rings. The molecule has 0 atom stereocenters. The molecule has 5 nitrogen and oxygen atoms in total. The lowest BCUT2D eigenvalue weighted by Crippen LogP contribution is -2.29. The van der Waals surface area contributed by atoms with Crippen molar-refractivity contribution in [1.29, 1.82) is 0 Å². The molecule has 2 aromatic rings. The van der Waals surface area contributed by atoms with Crippen molar-refractivity contribution in [2.75, 3.05) is 30.4 Å². The predicted molar refractivity (Wildman–Crippen MR) is 112 cm³/mol. The minimum atomic E-state index is 0.430. The molecule has 0 unspecified atom stereocenters. The number of piperidine rings is 1. The van der Waals surface area contributed by atoms with Gasteiger partial charge in [0.05, 0.1) is 13.3 Å². The lowest BCUT2D eigenvalue weighted by atomic mass is 10.1. The summed E-state index contributed by atoms with van der Waals surface area (Å²) in [7, 11) is 1.64. The summed E-state index contributed by atoms with van der Waals surface area (Å²) < 4.78 is 5.19. The van der Waals surface area contributed by atoms with Crippen LogP contribution in [-0.2, 0) is 0 Å². The zero-order chi connectivity index (χ0) is 18.2. The van der Waals surface area contributed by atoms with Crippen molar-refractivity contribution in [3.05, 3.63) is 54.1 Å². The first-order valence-corrected chi connectivity index (χ1v) is 9.24. The van der Waals surface area contributed by atoms with Crippen molar-refractivity contribution in [2.45, 2.75) is 19.3 Å². The molecule has 2 N–H and O–H groups in total. The number of anilines is 2. The minimum Gasteiger partial charge on any atom is -0.497 e. The van der Waals surface area contributed by atoms with E-state index < -0.39 is 0 Å². The largest absolute Gasteiger partial charge is 0.497 e. The fraction of sp³-hybridized carbons (Fsp3) is 0.300. The number of rotatable bonds is 5. The molecule has 0 aliphatic carbocycles. The molecule has 0 spiro atoms. The van der Waals surface area contributed by atoms with E-state index in [9.17, 15) is 0 Å². The van der Waals surface area contributed by atoms with E-state index in [1.807, 2.05) is 24.3 Å². The van der Waals surface area contributed by atoms with Gasteiger partial charge in [-0.1, -0.05) is 18.2 Å². The molecule has 0 amide bonds. The van der Waals surface area contributed by atoms with Crippen LogP contribution in [0, 0.1) is 0 Å². The second-order valence-electron chi connectivity index (χ2n) is 6.20. The fourth-order valence-electron chi connectivity index (χ4n) is 2.95. The van der Waals surface area contributed by atoms with Gasteiger partial charge in [0.1, 0.15) is 5.75 Å². The summed E-state index contributed by atoms with van der Waals surface area (Å²) in [6, 6.07) is 16.0. The van der Waals surface area contributed by atoms with Crippen LogP contribution in [0.2, 0.25) is 0 Å². The number of methoxy groups -OCH3 is 1. The minimum absolute atomic E-state index is 0.430. The summed E-state index contributed by atoms with van der Waals surface area (Å²) in [6.07, 6.45) is 5.67. The quantitative estimate of drug-likeness (QED) is 0.474. The molecule has 0 bridgehead atoms. The van der Waals surface area contributed by atoms with Gasteiger partial charge >= 0.3 is 0 Å². The smallest absolute Gasteiger partial charge is 0.191 e. The zero-order valence-corrected chi connectivity index (χ0v) is 15.8. The van der Waals surface area contributed by atoms with E-state index in [0.29, 0.717) is 5.11 Å². The Morgan fingerprint density at radius 2 is 1.88 bits per heavy atom. The first-order valence-electron chi connectivity index (χ1n) is 8.84. The highest BCUT2D eigenvalue weighted by Crippen LogP contribution is 2.20. The maximum absolute atomic E-state index is 5.25. The van der Waals surface area contributed by atoms with Crippen molar-refractivity contribution in [1.82, 2.24) is 5.43 Å². The van der Waals surface area contributed by atoms with Gasteiger partial charge in [-0.05, 0) is 61.3 Å². The Balaban J connectivity index is 1.50. The molecular formula is C20H24N4OS. The van der Waals surface area contributed by atoms with Gasteiger partial charge in [0, 0.05) is 30.5 Å². The van der Waals surface area contributed by atoms with E-state index in [4.69, 9.17) is 17.0 Å². The average Bonchev–Trinajstić information content (AvgIpc) is 2.69. The Kier molecular flexibility index (Phi) is 6.44. The van der Waals surface area contributed by atoms with Gasteiger partial charge in [-0.3, -0.25) is 5.43 Å². The maximum Gasteiger partial charge on any atom is 0.191 e. The zero-order valence-electron chi connectivity index (χ0n) is 14.9. The number of hydrogen-bond donors (Lipinski definition) is 2. The third kappa shape index (κ3) is 5.20. The van der Waals surface area contributed by atoms with E-state index in [1.165, 1.54) is 24.9 Å². The van der Waals surface area contributed by atoms with Gasteiger partial charge in [0.25, 0.3) is 0 Å². The van der Waals surface area contributed by atoms with Gasteiger partial charge in [-0.25, -0.2) is 0 Å². The molecule has 3 rings (SSSR count). The van der Waals surface area contributed by atoms with Gasteiger partial charge in [-0.15, -0.1) is 0 Å². The summed E-state index contributed by atoms with van der Waals surface area (Å²) in [5.41, 5.74) is 6.00. The van der Waals surface area contributed by atoms with Crippen LogP contribution in [-0.4, -0.2) is 31.5 Å². The second kappa shape index (κ2) is 9.20. The molecule has 1 heterocycles. The maximum atomic E-state index is 5.25. The molecule has 2 aromatic carbocycles. The van der Waals surface area contributed by atoms with Crippen LogP contribution < -0.4 is 20.4 Å². The number of hydrazone groups is 1. The topological polar surface area (TPSA) is 48.9 Å². The highest BCUT2D eigenvalue weighted by Gasteiger charge is 2.10. The molecule has 0 saturated carbocycles. The van der Waals surface area contributed by atoms with E-state index in [2.05, 4.69) is 45.0 Å². The number of benzene rings is 2. The molecule has 136 valence electrons. The number of nitrogens with one attached hydrogen (secondary N) is 2. The van der Waals surface area contributed by atoms with E-state index in [1.54, 1.807) is 13.3 Å². The van der Waals surface area contributed by atoms with E-state index in [-0.39, 0.29) is 0 Å². The lowest BCUT2D eigenvalue weighted by molar-refractivity contribution is 0.415. The first kappa shape index (κ1) is 18.2. The number of thiocarbonyl (C=S) groups is 1. The molecule has 1 aliphatic heterocycles. The van der Waals surface area contributed by atoms with Crippen LogP contribution in [0.1, 0.15) is 24.8 Å². The Hall–Kier alpha value is -2.60. The van der Waals surface area contributed by atoms with Crippen LogP contribution in [0.5, 0.6) is 5.75 Å². The number of ether oxygens (including phenoxy) is 1. The molecule has 0 aromatic heterocycles. The highest BCUT2D eigenvalue weighted by molar-refractivity contribution is 7.80. The van der Waals surface area contributed by atoms with Gasteiger partial charge in [0.15, 0.2) is 5.11 Å². The normalized spacial score (nSPS) is 14.3. The summed E-state index contributed by atoms with van der Waals surface area (Å²) in [6.45, 7) is 2.30. The molecule has 6 heteroatoms. The molecule has 26 heavy (non-hydrogen) atoms.